The fourth-order valence-electron chi connectivity index (χ4n) is 3.25. The number of fused-ring (bicyclic) bond motifs is 1. The van der Waals surface area contributed by atoms with Crippen molar-refractivity contribution < 1.29 is 23.7 Å². The Labute approximate surface area is 189 Å². The number of hydrogen-bond donors (Lipinski definition) is 0. The van der Waals surface area contributed by atoms with Gasteiger partial charge in [0.2, 0.25) is 6.79 Å². The zero-order chi connectivity index (χ0) is 22.0. The van der Waals surface area contributed by atoms with Gasteiger partial charge in [-0.1, -0.05) is 35.5 Å². The van der Waals surface area contributed by atoms with Gasteiger partial charge in [0.15, 0.2) is 17.2 Å². The second-order valence-corrected chi connectivity index (χ2v) is 8.20. The maximum atomic E-state index is 12.6. The molecule has 2 heterocycles. The number of rotatable bonds is 7. The Hall–Kier alpha value is -2.84. The zero-order valence-corrected chi connectivity index (χ0v) is 18.9. The number of aromatic nitrogens is 2. The van der Waals surface area contributed by atoms with Crippen LogP contribution in [0.15, 0.2) is 41.4 Å². The molecular formula is C22H21ClN2O5S. The van der Waals surface area contributed by atoms with E-state index in [0.717, 1.165) is 16.9 Å². The van der Waals surface area contributed by atoms with Gasteiger partial charge in [0.25, 0.3) is 0 Å². The highest BCUT2D eigenvalue weighted by molar-refractivity contribution is 7.98. The quantitative estimate of drug-likeness (QED) is 0.373. The molecule has 0 atom stereocenters. The van der Waals surface area contributed by atoms with Crippen LogP contribution in [0.5, 0.6) is 17.2 Å². The van der Waals surface area contributed by atoms with Crippen molar-refractivity contribution in [3.8, 4) is 17.2 Å². The molecular weight excluding hydrogens is 440 g/mol. The van der Waals surface area contributed by atoms with Gasteiger partial charge in [-0.25, -0.2) is 9.78 Å². The molecule has 0 fully saturated rings. The number of thioether (sulfide) groups is 1. The van der Waals surface area contributed by atoms with Crippen molar-refractivity contribution in [2.24, 2.45) is 0 Å². The van der Waals surface area contributed by atoms with Crippen molar-refractivity contribution in [3.63, 3.8) is 0 Å². The van der Waals surface area contributed by atoms with Crippen molar-refractivity contribution in [1.29, 1.82) is 0 Å². The zero-order valence-electron chi connectivity index (χ0n) is 17.3. The SMILES string of the molecule is COC(=O)c1c(SCc2ccc(OC)cc2)nc(C)n1Cc1cc2c(cc1Cl)OCO2. The molecule has 162 valence electrons. The van der Waals surface area contributed by atoms with Gasteiger partial charge in [-0.2, -0.15) is 0 Å². The molecule has 1 aliphatic rings. The number of esters is 1. The van der Waals surface area contributed by atoms with Crippen LogP contribution in [0.4, 0.5) is 0 Å². The minimum atomic E-state index is -0.449. The van der Waals surface area contributed by atoms with E-state index in [0.29, 0.717) is 45.4 Å². The van der Waals surface area contributed by atoms with Crippen LogP contribution < -0.4 is 14.2 Å². The van der Waals surface area contributed by atoms with E-state index in [4.69, 9.17) is 30.5 Å². The fourth-order valence-corrected chi connectivity index (χ4v) is 4.49. The van der Waals surface area contributed by atoms with E-state index in [1.165, 1.54) is 18.9 Å². The van der Waals surface area contributed by atoms with E-state index >= 15 is 0 Å². The Kier molecular flexibility index (Phi) is 6.29. The molecule has 4 rings (SSSR count). The Bertz CT molecular complexity index is 1110. The number of aryl methyl sites for hydroxylation is 1. The lowest BCUT2D eigenvalue weighted by Gasteiger charge is -2.12. The summed E-state index contributed by atoms with van der Waals surface area (Å²) in [4.78, 5) is 17.3. The van der Waals surface area contributed by atoms with E-state index in [1.807, 2.05) is 41.8 Å². The van der Waals surface area contributed by atoms with E-state index in [9.17, 15) is 4.79 Å². The number of benzene rings is 2. The first-order valence-corrected chi connectivity index (χ1v) is 10.9. The molecule has 0 saturated heterocycles. The first kappa shape index (κ1) is 21.4. The molecule has 0 amide bonds. The van der Waals surface area contributed by atoms with Gasteiger partial charge in [-0.05, 0) is 36.2 Å². The number of imidazole rings is 1. The third kappa shape index (κ3) is 4.45. The van der Waals surface area contributed by atoms with E-state index in [1.54, 1.807) is 13.2 Å². The molecule has 7 nitrogen and oxygen atoms in total. The lowest BCUT2D eigenvalue weighted by molar-refractivity contribution is 0.0584. The molecule has 0 unspecified atom stereocenters. The minimum absolute atomic E-state index is 0.165. The number of ether oxygens (including phenoxy) is 4. The molecule has 0 bridgehead atoms. The van der Waals surface area contributed by atoms with Crippen molar-refractivity contribution in [2.45, 2.75) is 24.2 Å². The van der Waals surface area contributed by atoms with E-state index in [2.05, 4.69) is 4.98 Å². The average molecular weight is 461 g/mol. The van der Waals surface area contributed by atoms with Crippen molar-refractivity contribution >= 4 is 29.3 Å². The Balaban J connectivity index is 1.62. The smallest absolute Gasteiger partial charge is 0.357 e. The summed E-state index contributed by atoms with van der Waals surface area (Å²) in [7, 11) is 2.99. The third-order valence-electron chi connectivity index (χ3n) is 4.91. The van der Waals surface area contributed by atoms with Gasteiger partial charge in [-0.3, -0.25) is 0 Å². The predicted molar refractivity (Wildman–Crippen MR) is 118 cm³/mol. The van der Waals surface area contributed by atoms with Crippen LogP contribution in [0.1, 0.15) is 27.4 Å². The van der Waals surface area contributed by atoms with Gasteiger partial charge in [0, 0.05) is 16.8 Å². The van der Waals surface area contributed by atoms with Crippen LogP contribution in [0.25, 0.3) is 0 Å². The van der Waals surface area contributed by atoms with Gasteiger partial charge >= 0.3 is 5.97 Å². The highest BCUT2D eigenvalue weighted by Gasteiger charge is 2.24. The summed E-state index contributed by atoms with van der Waals surface area (Å²) in [6.07, 6.45) is 0. The Morgan fingerprint density at radius 1 is 1.19 bits per heavy atom. The normalized spacial score (nSPS) is 12.1. The Morgan fingerprint density at radius 2 is 1.90 bits per heavy atom. The minimum Gasteiger partial charge on any atom is -0.497 e. The molecule has 0 saturated carbocycles. The van der Waals surface area contributed by atoms with Gasteiger partial charge in [-0.15, -0.1) is 0 Å². The number of carbonyl (C=O) groups excluding carboxylic acids is 1. The number of carbonyl (C=O) groups is 1. The number of nitrogens with zero attached hydrogens (tertiary/aromatic N) is 2. The first-order valence-electron chi connectivity index (χ1n) is 9.49. The van der Waals surface area contributed by atoms with Crippen molar-refractivity contribution in [3.05, 3.63) is 64.1 Å². The number of methoxy groups -OCH3 is 2. The molecule has 3 aromatic rings. The summed E-state index contributed by atoms with van der Waals surface area (Å²) in [6, 6.07) is 11.3. The predicted octanol–water partition coefficient (Wildman–Crippen LogP) is 4.71. The fraction of sp³-hybridized carbons (Fsp3) is 0.273. The topological polar surface area (TPSA) is 71.8 Å². The first-order chi connectivity index (χ1) is 15.0. The number of hydrogen-bond acceptors (Lipinski definition) is 7. The molecule has 9 heteroatoms. The molecule has 2 aromatic carbocycles. The standard InChI is InChI=1S/C22H21ClN2O5S/c1-13-24-21(31-11-14-4-6-16(27-2)7-5-14)20(22(26)28-3)25(13)10-15-8-18-19(9-17(15)23)30-12-29-18/h4-9H,10-12H2,1-3H3. The van der Waals surface area contributed by atoms with Gasteiger partial charge < -0.3 is 23.5 Å². The largest absolute Gasteiger partial charge is 0.497 e. The monoisotopic (exact) mass is 460 g/mol. The summed E-state index contributed by atoms with van der Waals surface area (Å²) in [6.45, 7) is 2.37. The highest BCUT2D eigenvalue weighted by atomic mass is 35.5. The molecule has 1 aliphatic heterocycles. The van der Waals surface area contributed by atoms with Crippen LogP contribution in [-0.2, 0) is 17.0 Å². The summed E-state index contributed by atoms with van der Waals surface area (Å²) >= 11 is 7.92. The van der Waals surface area contributed by atoms with Crippen LogP contribution in [-0.4, -0.2) is 36.5 Å². The summed E-state index contributed by atoms with van der Waals surface area (Å²) in [5, 5.41) is 1.14. The van der Waals surface area contributed by atoms with Crippen LogP contribution >= 0.6 is 23.4 Å². The molecule has 1 aromatic heterocycles. The summed E-state index contributed by atoms with van der Waals surface area (Å²) < 4.78 is 22.9. The Morgan fingerprint density at radius 3 is 2.58 bits per heavy atom. The van der Waals surface area contributed by atoms with Crippen LogP contribution in [0.2, 0.25) is 5.02 Å². The second-order valence-electron chi connectivity index (χ2n) is 6.82. The second kappa shape index (κ2) is 9.11. The van der Waals surface area contributed by atoms with Gasteiger partial charge in [0.05, 0.1) is 20.8 Å². The number of halogens is 1. The highest BCUT2D eigenvalue weighted by Crippen LogP contribution is 2.38. The summed E-state index contributed by atoms with van der Waals surface area (Å²) in [5.41, 5.74) is 2.28. The molecule has 0 aliphatic carbocycles. The van der Waals surface area contributed by atoms with E-state index < -0.39 is 5.97 Å². The molecule has 0 radical (unpaired) electrons. The lowest BCUT2D eigenvalue weighted by Crippen LogP contribution is -2.14. The van der Waals surface area contributed by atoms with Crippen molar-refractivity contribution in [2.75, 3.05) is 21.0 Å². The van der Waals surface area contributed by atoms with Gasteiger partial charge in [0.1, 0.15) is 16.6 Å². The molecule has 0 N–H and O–H groups in total. The van der Waals surface area contributed by atoms with Crippen LogP contribution in [0.3, 0.4) is 0 Å². The van der Waals surface area contributed by atoms with E-state index in [-0.39, 0.29) is 6.79 Å². The summed E-state index contributed by atoms with van der Waals surface area (Å²) in [5.74, 6) is 2.92. The maximum Gasteiger partial charge on any atom is 0.357 e. The molecule has 0 spiro atoms. The third-order valence-corrected chi connectivity index (χ3v) is 6.30. The molecule has 31 heavy (non-hydrogen) atoms. The average Bonchev–Trinajstić information content (AvgIpc) is 3.36. The van der Waals surface area contributed by atoms with Crippen LogP contribution in [0, 0.1) is 6.92 Å². The lowest BCUT2D eigenvalue weighted by atomic mass is 10.2. The maximum absolute atomic E-state index is 12.6. The van der Waals surface area contributed by atoms with Crippen molar-refractivity contribution in [1.82, 2.24) is 9.55 Å².